The number of nitrogens with zero attached hydrogens (tertiary/aromatic N) is 3. The van der Waals surface area contributed by atoms with E-state index in [1.807, 2.05) is 0 Å². The molecule has 1 rings (SSSR count). The molecule has 1 unspecified atom stereocenters. The Morgan fingerprint density at radius 2 is 2.21 bits per heavy atom. The lowest BCUT2D eigenvalue weighted by Gasteiger charge is -2.16. The highest BCUT2D eigenvalue weighted by Gasteiger charge is 2.16. The molecule has 1 aromatic rings. The van der Waals surface area contributed by atoms with Gasteiger partial charge in [-0.25, -0.2) is 0 Å². The van der Waals surface area contributed by atoms with Crippen molar-refractivity contribution in [3.8, 4) is 0 Å². The van der Waals surface area contributed by atoms with Crippen molar-refractivity contribution in [1.82, 2.24) is 14.8 Å². The Balaban J connectivity index is 2.86. The lowest BCUT2D eigenvalue weighted by atomic mass is 10.0. The fourth-order valence-electron chi connectivity index (χ4n) is 1.64. The third-order valence-electron chi connectivity index (χ3n) is 2.44. The molecule has 0 aromatic carbocycles. The van der Waals surface area contributed by atoms with E-state index in [4.69, 9.17) is 5.73 Å². The Morgan fingerprint density at radius 1 is 1.50 bits per heavy atom. The Kier molecular flexibility index (Phi) is 4.07. The number of rotatable bonds is 5. The Bertz CT molecular complexity index is 267. The number of hydrogen-bond acceptors (Lipinski definition) is 3. The maximum Gasteiger partial charge on any atom is 0.137 e. The van der Waals surface area contributed by atoms with Crippen molar-refractivity contribution < 1.29 is 0 Å². The van der Waals surface area contributed by atoms with E-state index in [0.717, 1.165) is 18.7 Å². The van der Waals surface area contributed by atoms with Crippen LogP contribution in [0.2, 0.25) is 0 Å². The molecule has 2 N–H and O–H groups in total. The number of aromatic nitrogens is 3. The SMILES string of the molecule is CCCC(CN)c1nncn1C(C)C. The van der Waals surface area contributed by atoms with Gasteiger partial charge in [-0.15, -0.1) is 10.2 Å². The van der Waals surface area contributed by atoms with E-state index in [-0.39, 0.29) is 0 Å². The molecule has 0 fully saturated rings. The topological polar surface area (TPSA) is 56.7 Å². The third kappa shape index (κ3) is 2.32. The van der Waals surface area contributed by atoms with Crippen molar-refractivity contribution >= 4 is 0 Å². The summed E-state index contributed by atoms with van der Waals surface area (Å²) >= 11 is 0. The highest BCUT2D eigenvalue weighted by atomic mass is 15.3. The first-order valence-electron chi connectivity index (χ1n) is 5.30. The largest absolute Gasteiger partial charge is 0.330 e. The normalized spacial score (nSPS) is 13.5. The van der Waals surface area contributed by atoms with Gasteiger partial charge in [0.15, 0.2) is 0 Å². The molecule has 1 aromatic heterocycles. The van der Waals surface area contributed by atoms with Gasteiger partial charge in [-0.3, -0.25) is 0 Å². The van der Waals surface area contributed by atoms with Crippen molar-refractivity contribution in [2.45, 2.75) is 45.6 Å². The summed E-state index contributed by atoms with van der Waals surface area (Å²) in [6.45, 7) is 7.08. The lowest BCUT2D eigenvalue weighted by Crippen LogP contribution is -2.18. The van der Waals surface area contributed by atoms with E-state index in [0.29, 0.717) is 18.5 Å². The Morgan fingerprint density at radius 3 is 2.71 bits per heavy atom. The number of hydrogen-bond donors (Lipinski definition) is 1. The van der Waals surface area contributed by atoms with Crippen molar-refractivity contribution in [2.24, 2.45) is 5.73 Å². The summed E-state index contributed by atoms with van der Waals surface area (Å²) in [6, 6.07) is 0.408. The molecule has 1 heterocycles. The fourth-order valence-corrected chi connectivity index (χ4v) is 1.64. The zero-order chi connectivity index (χ0) is 10.6. The first-order chi connectivity index (χ1) is 6.70. The predicted octanol–water partition coefficient (Wildman–Crippen LogP) is 1.70. The number of nitrogens with two attached hydrogens (primary N) is 1. The minimum Gasteiger partial charge on any atom is -0.330 e. The summed E-state index contributed by atoms with van der Waals surface area (Å²) in [5.41, 5.74) is 5.74. The summed E-state index contributed by atoms with van der Waals surface area (Å²) in [4.78, 5) is 0. The predicted molar refractivity (Wildman–Crippen MR) is 57.1 cm³/mol. The minimum atomic E-state index is 0.352. The van der Waals surface area contributed by atoms with E-state index in [1.165, 1.54) is 0 Å². The van der Waals surface area contributed by atoms with Crippen molar-refractivity contribution in [3.63, 3.8) is 0 Å². The van der Waals surface area contributed by atoms with Gasteiger partial charge in [-0.05, 0) is 20.3 Å². The first-order valence-corrected chi connectivity index (χ1v) is 5.30. The van der Waals surface area contributed by atoms with Crippen LogP contribution in [0.1, 0.15) is 51.4 Å². The Labute approximate surface area is 85.5 Å². The quantitative estimate of drug-likeness (QED) is 0.779. The second kappa shape index (κ2) is 5.10. The maximum absolute atomic E-state index is 5.74. The van der Waals surface area contributed by atoms with Gasteiger partial charge < -0.3 is 10.3 Å². The van der Waals surface area contributed by atoms with Crippen LogP contribution >= 0.6 is 0 Å². The zero-order valence-corrected chi connectivity index (χ0v) is 9.27. The zero-order valence-electron chi connectivity index (χ0n) is 9.27. The molecular weight excluding hydrogens is 176 g/mol. The summed E-state index contributed by atoms with van der Waals surface area (Å²) in [7, 11) is 0. The van der Waals surface area contributed by atoms with Crippen molar-refractivity contribution in [1.29, 1.82) is 0 Å². The summed E-state index contributed by atoms with van der Waals surface area (Å²) in [5, 5.41) is 8.11. The average molecular weight is 196 g/mol. The summed E-state index contributed by atoms with van der Waals surface area (Å²) in [5.74, 6) is 1.38. The molecule has 4 nitrogen and oxygen atoms in total. The lowest BCUT2D eigenvalue weighted by molar-refractivity contribution is 0.505. The van der Waals surface area contributed by atoms with Crippen LogP contribution in [0.5, 0.6) is 0 Å². The average Bonchev–Trinajstić information content (AvgIpc) is 2.62. The monoisotopic (exact) mass is 196 g/mol. The second-order valence-electron chi connectivity index (χ2n) is 3.91. The summed E-state index contributed by atoms with van der Waals surface area (Å²) in [6.07, 6.45) is 4.01. The molecule has 14 heavy (non-hydrogen) atoms. The Hall–Kier alpha value is -0.900. The maximum atomic E-state index is 5.74. The van der Waals surface area contributed by atoms with E-state index in [2.05, 4.69) is 35.5 Å². The molecule has 80 valence electrons. The first kappa shape index (κ1) is 11.2. The molecule has 0 aliphatic heterocycles. The molecule has 0 aliphatic carbocycles. The van der Waals surface area contributed by atoms with E-state index >= 15 is 0 Å². The van der Waals surface area contributed by atoms with Crippen molar-refractivity contribution in [2.75, 3.05) is 6.54 Å². The standard InChI is InChI=1S/C10H20N4/c1-4-5-9(6-11)10-13-12-7-14(10)8(2)3/h7-9H,4-6,11H2,1-3H3. The molecule has 0 spiro atoms. The molecular formula is C10H20N4. The summed E-state index contributed by atoms with van der Waals surface area (Å²) < 4.78 is 2.10. The van der Waals surface area contributed by atoms with E-state index < -0.39 is 0 Å². The van der Waals surface area contributed by atoms with Crippen LogP contribution in [0.15, 0.2) is 6.33 Å². The van der Waals surface area contributed by atoms with Crippen LogP contribution < -0.4 is 5.73 Å². The molecule has 1 atom stereocenters. The van der Waals surface area contributed by atoms with Crippen LogP contribution in [-0.2, 0) is 0 Å². The van der Waals surface area contributed by atoms with Crippen LogP contribution in [0.4, 0.5) is 0 Å². The van der Waals surface area contributed by atoms with Gasteiger partial charge in [-0.1, -0.05) is 13.3 Å². The van der Waals surface area contributed by atoms with Gasteiger partial charge in [-0.2, -0.15) is 0 Å². The van der Waals surface area contributed by atoms with Gasteiger partial charge in [0.1, 0.15) is 12.2 Å². The minimum absolute atomic E-state index is 0.352. The van der Waals surface area contributed by atoms with Crippen LogP contribution in [0.25, 0.3) is 0 Å². The van der Waals surface area contributed by atoms with Crippen LogP contribution in [0, 0.1) is 0 Å². The van der Waals surface area contributed by atoms with Gasteiger partial charge in [0.2, 0.25) is 0 Å². The van der Waals surface area contributed by atoms with Crippen LogP contribution in [-0.4, -0.2) is 21.3 Å². The highest BCUT2D eigenvalue weighted by molar-refractivity contribution is 4.98. The molecule has 0 saturated carbocycles. The molecule has 0 aliphatic rings. The molecule has 0 saturated heterocycles. The van der Waals surface area contributed by atoms with Gasteiger partial charge in [0, 0.05) is 18.5 Å². The molecule has 0 radical (unpaired) electrons. The third-order valence-corrected chi connectivity index (χ3v) is 2.44. The fraction of sp³-hybridized carbons (Fsp3) is 0.800. The van der Waals surface area contributed by atoms with E-state index in [1.54, 1.807) is 6.33 Å². The van der Waals surface area contributed by atoms with Crippen molar-refractivity contribution in [3.05, 3.63) is 12.2 Å². The van der Waals surface area contributed by atoms with Gasteiger partial charge in [0.25, 0.3) is 0 Å². The van der Waals surface area contributed by atoms with Gasteiger partial charge >= 0.3 is 0 Å². The molecule has 0 bridgehead atoms. The molecule has 0 amide bonds. The highest BCUT2D eigenvalue weighted by Crippen LogP contribution is 2.20. The molecule has 4 heteroatoms. The van der Waals surface area contributed by atoms with E-state index in [9.17, 15) is 0 Å². The smallest absolute Gasteiger partial charge is 0.137 e. The van der Waals surface area contributed by atoms with Crippen LogP contribution in [0.3, 0.4) is 0 Å². The second-order valence-corrected chi connectivity index (χ2v) is 3.91. The van der Waals surface area contributed by atoms with Gasteiger partial charge in [0.05, 0.1) is 0 Å².